The molecule has 1 unspecified atom stereocenters. The molecular weight excluding hydrogens is 276 g/mol. The van der Waals surface area contributed by atoms with Crippen LogP contribution in [0.3, 0.4) is 0 Å². The molecule has 17 heavy (non-hydrogen) atoms. The van der Waals surface area contributed by atoms with E-state index in [1.54, 1.807) is 0 Å². The SMILES string of the molecule is CC(O)(Cc1ccccc1Br)c1ccccc1. The van der Waals surface area contributed by atoms with Crippen molar-refractivity contribution >= 4 is 15.9 Å². The van der Waals surface area contributed by atoms with Gasteiger partial charge in [-0.15, -0.1) is 0 Å². The number of hydrogen-bond acceptors (Lipinski definition) is 1. The maximum Gasteiger partial charge on any atom is 0.0909 e. The zero-order valence-corrected chi connectivity index (χ0v) is 11.3. The fourth-order valence-corrected chi connectivity index (χ4v) is 2.34. The molecule has 0 heterocycles. The summed E-state index contributed by atoms with van der Waals surface area (Å²) in [4.78, 5) is 0. The first-order chi connectivity index (χ1) is 8.09. The van der Waals surface area contributed by atoms with Crippen LogP contribution >= 0.6 is 15.9 Å². The zero-order chi connectivity index (χ0) is 12.3. The standard InChI is InChI=1S/C15H15BrO/c1-15(17,13-8-3-2-4-9-13)11-12-7-5-6-10-14(12)16/h2-10,17H,11H2,1H3. The molecule has 0 bridgehead atoms. The lowest BCUT2D eigenvalue weighted by Gasteiger charge is -2.24. The summed E-state index contributed by atoms with van der Waals surface area (Å²) in [7, 11) is 0. The van der Waals surface area contributed by atoms with Crippen molar-refractivity contribution in [1.82, 2.24) is 0 Å². The van der Waals surface area contributed by atoms with Gasteiger partial charge in [0.2, 0.25) is 0 Å². The van der Waals surface area contributed by atoms with Crippen molar-refractivity contribution in [3.05, 3.63) is 70.2 Å². The maximum atomic E-state index is 10.5. The fourth-order valence-electron chi connectivity index (χ4n) is 1.91. The third kappa shape index (κ3) is 2.96. The minimum atomic E-state index is -0.842. The van der Waals surface area contributed by atoms with E-state index >= 15 is 0 Å². The van der Waals surface area contributed by atoms with Gasteiger partial charge in [-0.05, 0) is 24.1 Å². The molecule has 2 aromatic carbocycles. The second-order valence-electron chi connectivity index (χ2n) is 4.41. The summed E-state index contributed by atoms with van der Waals surface area (Å²) in [6.07, 6.45) is 0.596. The minimum absolute atomic E-state index is 0.596. The highest BCUT2D eigenvalue weighted by atomic mass is 79.9. The average molecular weight is 291 g/mol. The van der Waals surface area contributed by atoms with Gasteiger partial charge in [0.05, 0.1) is 5.60 Å². The summed E-state index contributed by atoms with van der Waals surface area (Å²) in [5.74, 6) is 0. The van der Waals surface area contributed by atoms with Crippen molar-refractivity contribution in [2.75, 3.05) is 0 Å². The molecule has 0 spiro atoms. The van der Waals surface area contributed by atoms with E-state index in [-0.39, 0.29) is 0 Å². The second-order valence-corrected chi connectivity index (χ2v) is 5.26. The molecule has 0 saturated heterocycles. The van der Waals surface area contributed by atoms with Crippen molar-refractivity contribution in [1.29, 1.82) is 0 Å². The van der Waals surface area contributed by atoms with E-state index in [9.17, 15) is 5.11 Å². The molecule has 0 aliphatic carbocycles. The van der Waals surface area contributed by atoms with Gasteiger partial charge in [-0.25, -0.2) is 0 Å². The van der Waals surface area contributed by atoms with E-state index < -0.39 is 5.60 Å². The Kier molecular flexibility index (Phi) is 3.65. The van der Waals surface area contributed by atoms with Crippen LogP contribution in [0, 0.1) is 0 Å². The van der Waals surface area contributed by atoms with Gasteiger partial charge in [0.1, 0.15) is 0 Å². The van der Waals surface area contributed by atoms with Crippen LogP contribution in [-0.4, -0.2) is 5.11 Å². The third-order valence-electron chi connectivity index (χ3n) is 2.89. The van der Waals surface area contributed by atoms with Gasteiger partial charge in [0.15, 0.2) is 0 Å². The topological polar surface area (TPSA) is 20.2 Å². The van der Waals surface area contributed by atoms with Gasteiger partial charge in [-0.3, -0.25) is 0 Å². The van der Waals surface area contributed by atoms with Crippen LogP contribution in [0.2, 0.25) is 0 Å². The van der Waals surface area contributed by atoms with Gasteiger partial charge in [0.25, 0.3) is 0 Å². The quantitative estimate of drug-likeness (QED) is 0.909. The summed E-state index contributed by atoms with van der Waals surface area (Å²) in [5, 5.41) is 10.5. The first-order valence-electron chi connectivity index (χ1n) is 5.61. The van der Waals surface area contributed by atoms with Crippen molar-refractivity contribution < 1.29 is 5.11 Å². The molecule has 0 aliphatic rings. The van der Waals surface area contributed by atoms with Crippen molar-refractivity contribution in [2.45, 2.75) is 18.9 Å². The molecule has 0 amide bonds. The van der Waals surface area contributed by atoms with E-state index in [2.05, 4.69) is 15.9 Å². The molecule has 2 aromatic rings. The Morgan fingerprint density at radius 1 is 1.00 bits per heavy atom. The second kappa shape index (κ2) is 5.03. The lowest BCUT2D eigenvalue weighted by atomic mass is 9.89. The molecule has 0 saturated carbocycles. The normalized spacial score (nSPS) is 14.3. The first-order valence-corrected chi connectivity index (χ1v) is 6.40. The maximum absolute atomic E-state index is 10.5. The number of halogens is 1. The summed E-state index contributed by atoms with van der Waals surface area (Å²) in [5.41, 5.74) is 1.21. The van der Waals surface area contributed by atoms with Crippen LogP contribution in [0.25, 0.3) is 0 Å². The molecule has 0 fully saturated rings. The molecule has 0 radical (unpaired) electrons. The van der Waals surface area contributed by atoms with Gasteiger partial charge in [0, 0.05) is 10.9 Å². The summed E-state index contributed by atoms with van der Waals surface area (Å²) in [6, 6.07) is 17.8. The number of hydrogen-bond donors (Lipinski definition) is 1. The predicted octanol–water partition coefficient (Wildman–Crippen LogP) is 3.90. The predicted molar refractivity (Wildman–Crippen MR) is 73.9 cm³/mol. The lowest BCUT2D eigenvalue weighted by molar-refractivity contribution is 0.0574. The molecule has 0 aromatic heterocycles. The Morgan fingerprint density at radius 3 is 2.24 bits per heavy atom. The highest BCUT2D eigenvalue weighted by molar-refractivity contribution is 9.10. The van der Waals surface area contributed by atoms with E-state index in [0.29, 0.717) is 6.42 Å². The van der Waals surface area contributed by atoms with Gasteiger partial charge in [-0.2, -0.15) is 0 Å². The molecule has 1 nitrogen and oxygen atoms in total. The number of aliphatic hydroxyl groups is 1. The Morgan fingerprint density at radius 2 is 1.59 bits per heavy atom. The lowest BCUT2D eigenvalue weighted by Crippen LogP contribution is -2.24. The van der Waals surface area contributed by atoms with Crippen molar-refractivity contribution in [3.8, 4) is 0 Å². The molecule has 0 aliphatic heterocycles. The van der Waals surface area contributed by atoms with Crippen LogP contribution in [-0.2, 0) is 12.0 Å². The van der Waals surface area contributed by atoms with Gasteiger partial charge in [-0.1, -0.05) is 64.5 Å². The number of benzene rings is 2. The molecule has 1 N–H and O–H groups in total. The highest BCUT2D eigenvalue weighted by Gasteiger charge is 2.23. The van der Waals surface area contributed by atoms with Crippen molar-refractivity contribution in [3.63, 3.8) is 0 Å². The van der Waals surface area contributed by atoms with Gasteiger partial charge < -0.3 is 5.11 Å². The molecular formula is C15H15BrO. The van der Waals surface area contributed by atoms with Gasteiger partial charge >= 0.3 is 0 Å². The van der Waals surface area contributed by atoms with E-state index in [1.165, 1.54) is 0 Å². The van der Waals surface area contributed by atoms with E-state index in [1.807, 2.05) is 61.5 Å². The molecule has 2 heteroatoms. The van der Waals surface area contributed by atoms with Crippen LogP contribution in [0.15, 0.2) is 59.1 Å². The van der Waals surface area contributed by atoms with Crippen LogP contribution < -0.4 is 0 Å². The van der Waals surface area contributed by atoms with E-state index in [4.69, 9.17) is 0 Å². The number of rotatable bonds is 3. The molecule has 2 rings (SSSR count). The smallest absolute Gasteiger partial charge is 0.0909 e. The van der Waals surface area contributed by atoms with Crippen LogP contribution in [0.4, 0.5) is 0 Å². The fraction of sp³-hybridized carbons (Fsp3) is 0.200. The first kappa shape index (κ1) is 12.3. The molecule has 88 valence electrons. The Labute approximate surface area is 110 Å². The van der Waals surface area contributed by atoms with E-state index in [0.717, 1.165) is 15.6 Å². The third-order valence-corrected chi connectivity index (χ3v) is 3.66. The van der Waals surface area contributed by atoms with Crippen LogP contribution in [0.5, 0.6) is 0 Å². The Hall–Kier alpha value is -1.12. The largest absolute Gasteiger partial charge is 0.385 e. The zero-order valence-electron chi connectivity index (χ0n) is 9.73. The summed E-state index contributed by atoms with van der Waals surface area (Å²) in [6.45, 7) is 1.85. The molecule has 1 atom stereocenters. The van der Waals surface area contributed by atoms with Crippen molar-refractivity contribution in [2.24, 2.45) is 0 Å². The Bertz CT molecular complexity index is 491. The summed E-state index contributed by atoms with van der Waals surface area (Å²) < 4.78 is 1.04. The summed E-state index contributed by atoms with van der Waals surface area (Å²) >= 11 is 3.51. The average Bonchev–Trinajstić information content (AvgIpc) is 2.33. The highest BCUT2D eigenvalue weighted by Crippen LogP contribution is 2.28. The Balaban J connectivity index is 2.27. The monoisotopic (exact) mass is 290 g/mol. The van der Waals surface area contributed by atoms with Crippen LogP contribution in [0.1, 0.15) is 18.1 Å². The minimum Gasteiger partial charge on any atom is -0.385 e.